The van der Waals surface area contributed by atoms with E-state index in [4.69, 9.17) is 10.5 Å². The molecule has 1 amide bonds. The van der Waals surface area contributed by atoms with Crippen LogP contribution in [0.3, 0.4) is 0 Å². The van der Waals surface area contributed by atoms with Gasteiger partial charge in [-0.1, -0.05) is 0 Å². The molecular weight excluding hydrogens is 224 g/mol. The third-order valence-electron chi connectivity index (χ3n) is 3.01. The molecule has 0 spiro atoms. The van der Waals surface area contributed by atoms with Crippen LogP contribution >= 0.6 is 11.8 Å². The van der Waals surface area contributed by atoms with Gasteiger partial charge in [0, 0.05) is 18.6 Å². The van der Waals surface area contributed by atoms with E-state index in [1.165, 1.54) is 0 Å². The topological polar surface area (TPSA) is 64.4 Å². The second kappa shape index (κ2) is 7.14. The zero-order valence-electron chi connectivity index (χ0n) is 10.1. The molecule has 16 heavy (non-hydrogen) atoms. The lowest BCUT2D eigenvalue weighted by molar-refractivity contribution is -0.123. The van der Waals surface area contributed by atoms with E-state index in [1.807, 2.05) is 13.2 Å². The average molecular weight is 246 g/mol. The van der Waals surface area contributed by atoms with Crippen LogP contribution in [-0.4, -0.2) is 43.2 Å². The minimum absolute atomic E-state index is 0.0338. The van der Waals surface area contributed by atoms with Crippen molar-refractivity contribution in [1.82, 2.24) is 5.32 Å². The molecule has 3 atom stereocenters. The van der Waals surface area contributed by atoms with Crippen LogP contribution in [0, 0.1) is 5.92 Å². The molecule has 1 aliphatic rings. The highest BCUT2D eigenvalue weighted by atomic mass is 32.2. The summed E-state index contributed by atoms with van der Waals surface area (Å²) in [5, 5.41) is 2.98. The van der Waals surface area contributed by atoms with E-state index in [0.29, 0.717) is 5.92 Å². The Balaban J connectivity index is 2.26. The lowest BCUT2D eigenvalue weighted by Gasteiger charge is -2.21. The van der Waals surface area contributed by atoms with Crippen LogP contribution < -0.4 is 11.1 Å². The van der Waals surface area contributed by atoms with E-state index >= 15 is 0 Å². The van der Waals surface area contributed by atoms with Crippen molar-refractivity contribution >= 4 is 17.7 Å². The molecule has 94 valence electrons. The van der Waals surface area contributed by atoms with Gasteiger partial charge in [-0.15, -0.1) is 0 Å². The van der Waals surface area contributed by atoms with Gasteiger partial charge in [0.25, 0.3) is 0 Å². The van der Waals surface area contributed by atoms with Crippen LogP contribution in [0.15, 0.2) is 0 Å². The van der Waals surface area contributed by atoms with Crippen molar-refractivity contribution in [2.24, 2.45) is 11.7 Å². The van der Waals surface area contributed by atoms with Crippen LogP contribution in [0.2, 0.25) is 0 Å². The molecule has 2 unspecified atom stereocenters. The summed E-state index contributed by atoms with van der Waals surface area (Å²) in [6, 6.07) is -0.215. The van der Waals surface area contributed by atoms with Gasteiger partial charge in [0.05, 0.1) is 12.6 Å². The predicted octanol–water partition coefficient (Wildman–Crippen LogP) is 0.608. The highest BCUT2D eigenvalue weighted by Gasteiger charge is 2.24. The van der Waals surface area contributed by atoms with Crippen molar-refractivity contribution < 1.29 is 9.53 Å². The number of nitrogens with two attached hydrogens (primary N) is 1. The Hall–Kier alpha value is -0.260. The quantitative estimate of drug-likeness (QED) is 0.720. The van der Waals surface area contributed by atoms with Crippen LogP contribution in [0.25, 0.3) is 0 Å². The van der Waals surface area contributed by atoms with Crippen molar-refractivity contribution in [3.63, 3.8) is 0 Å². The van der Waals surface area contributed by atoms with Crippen molar-refractivity contribution in [3.8, 4) is 0 Å². The summed E-state index contributed by atoms with van der Waals surface area (Å²) in [6.45, 7) is 3.59. The number of ether oxygens (including phenoxy) is 1. The molecule has 0 radical (unpaired) electrons. The fourth-order valence-electron chi connectivity index (χ4n) is 1.77. The molecule has 0 bridgehead atoms. The summed E-state index contributed by atoms with van der Waals surface area (Å²) >= 11 is 1.71. The zero-order chi connectivity index (χ0) is 12.0. The number of hydrogen-bond donors (Lipinski definition) is 2. The predicted molar refractivity (Wildman–Crippen MR) is 67.5 cm³/mol. The Morgan fingerprint density at radius 3 is 3.00 bits per heavy atom. The highest BCUT2D eigenvalue weighted by Crippen LogP contribution is 2.16. The van der Waals surface area contributed by atoms with Crippen molar-refractivity contribution in [1.29, 1.82) is 0 Å². The molecule has 0 saturated carbocycles. The Bertz CT molecular complexity index is 220. The number of amides is 1. The lowest BCUT2D eigenvalue weighted by atomic mass is 10.0. The summed E-state index contributed by atoms with van der Waals surface area (Å²) < 4.78 is 5.30. The molecule has 1 fully saturated rings. The number of thioether (sulfide) groups is 1. The van der Waals surface area contributed by atoms with Crippen molar-refractivity contribution in [2.75, 3.05) is 25.2 Å². The molecule has 0 aromatic carbocycles. The van der Waals surface area contributed by atoms with Crippen LogP contribution in [0.5, 0.6) is 0 Å². The molecule has 1 aliphatic heterocycles. The van der Waals surface area contributed by atoms with Crippen molar-refractivity contribution in [2.45, 2.75) is 31.8 Å². The van der Waals surface area contributed by atoms with E-state index in [0.717, 1.165) is 31.8 Å². The van der Waals surface area contributed by atoms with Gasteiger partial charge in [-0.2, -0.15) is 11.8 Å². The molecule has 4 nitrogen and oxygen atoms in total. The smallest absolute Gasteiger partial charge is 0.237 e. The molecule has 5 heteroatoms. The fourth-order valence-corrected chi connectivity index (χ4v) is 2.26. The molecular formula is C11H22N2O2S. The normalized spacial score (nSPS) is 24.1. The second-order valence-corrected chi connectivity index (χ2v) is 5.29. The first-order valence-electron chi connectivity index (χ1n) is 5.77. The lowest BCUT2D eigenvalue weighted by Crippen LogP contribution is -2.47. The molecule has 0 aromatic rings. The van der Waals surface area contributed by atoms with Gasteiger partial charge in [-0.3, -0.25) is 4.79 Å². The Morgan fingerprint density at radius 2 is 2.44 bits per heavy atom. The van der Waals surface area contributed by atoms with Crippen LogP contribution in [0.1, 0.15) is 19.8 Å². The minimum Gasteiger partial charge on any atom is -0.381 e. The monoisotopic (exact) mass is 246 g/mol. The van der Waals surface area contributed by atoms with Gasteiger partial charge in [-0.05, 0) is 31.8 Å². The first-order valence-corrected chi connectivity index (χ1v) is 7.17. The van der Waals surface area contributed by atoms with E-state index in [2.05, 4.69) is 5.32 Å². The SMILES string of the molecule is CSCC[C@H](N)C(=O)NC(C)C1CCOC1. The summed E-state index contributed by atoms with van der Waals surface area (Å²) in [4.78, 5) is 11.7. The van der Waals surface area contributed by atoms with E-state index < -0.39 is 0 Å². The standard InChI is InChI=1S/C11H22N2O2S/c1-8(9-3-5-15-7-9)13-11(14)10(12)4-6-16-2/h8-10H,3-7,12H2,1-2H3,(H,13,14)/t8?,9?,10-/m0/s1. The van der Waals surface area contributed by atoms with Crippen LogP contribution in [0.4, 0.5) is 0 Å². The summed E-state index contributed by atoms with van der Waals surface area (Å²) in [5.74, 6) is 1.33. The molecule has 3 N–H and O–H groups in total. The third kappa shape index (κ3) is 4.31. The second-order valence-electron chi connectivity index (χ2n) is 4.31. The van der Waals surface area contributed by atoms with E-state index in [9.17, 15) is 4.79 Å². The zero-order valence-corrected chi connectivity index (χ0v) is 10.9. The van der Waals surface area contributed by atoms with Crippen LogP contribution in [-0.2, 0) is 9.53 Å². The maximum absolute atomic E-state index is 11.7. The minimum atomic E-state index is -0.378. The summed E-state index contributed by atoms with van der Waals surface area (Å²) in [5.41, 5.74) is 5.79. The molecule has 1 saturated heterocycles. The maximum atomic E-state index is 11.7. The van der Waals surface area contributed by atoms with Gasteiger partial charge >= 0.3 is 0 Å². The largest absolute Gasteiger partial charge is 0.381 e. The number of hydrogen-bond acceptors (Lipinski definition) is 4. The molecule has 1 rings (SSSR count). The van der Waals surface area contributed by atoms with Gasteiger partial charge < -0.3 is 15.8 Å². The third-order valence-corrected chi connectivity index (χ3v) is 3.66. The van der Waals surface area contributed by atoms with Gasteiger partial charge in [0.1, 0.15) is 0 Å². The van der Waals surface area contributed by atoms with E-state index in [-0.39, 0.29) is 18.0 Å². The number of nitrogens with one attached hydrogen (secondary N) is 1. The Morgan fingerprint density at radius 1 is 1.69 bits per heavy atom. The van der Waals surface area contributed by atoms with Crippen molar-refractivity contribution in [3.05, 3.63) is 0 Å². The Kier molecular flexibility index (Phi) is 6.16. The first kappa shape index (κ1) is 13.8. The number of carbonyl (C=O) groups is 1. The Labute approximate surface area is 102 Å². The fraction of sp³-hybridized carbons (Fsp3) is 0.909. The summed E-state index contributed by atoms with van der Waals surface area (Å²) in [6.07, 6.45) is 3.78. The number of carbonyl (C=O) groups excluding carboxylic acids is 1. The van der Waals surface area contributed by atoms with Gasteiger partial charge in [-0.25, -0.2) is 0 Å². The van der Waals surface area contributed by atoms with E-state index in [1.54, 1.807) is 11.8 Å². The maximum Gasteiger partial charge on any atom is 0.237 e. The van der Waals surface area contributed by atoms with Gasteiger partial charge in [0.15, 0.2) is 0 Å². The summed E-state index contributed by atoms with van der Waals surface area (Å²) in [7, 11) is 0. The number of rotatable bonds is 6. The molecule has 0 aromatic heterocycles. The average Bonchev–Trinajstić information content (AvgIpc) is 2.79. The molecule has 1 heterocycles. The highest BCUT2D eigenvalue weighted by molar-refractivity contribution is 7.98. The first-order chi connectivity index (χ1) is 7.65. The molecule has 0 aliphatic carbocycles. The van der Waals surface area contributed by atoms with Gasteiger partial charge in [0.2, 0.25) is 5.91 Å².